The van der Waals surface area contributed by atoms with E-state index in [0.29, 0.717) is 16.1 Å². The molecule has 0 radical (unpaired) electrons. The topological polar surface area (TPSA) is 83.5 Å². The van der Waals surface area contributed by atoms with E-state index in [1.807, 2.05) is 27.6 Å². The molecular formula is C19H24FNO4S. The smallest absolute Gasteiger partial charge is 0.338 e. The third-order valence-electron chi connectivity index (χ3n) is 3.31. The number of hydrogen-bond donors (Lipinski definition) is 2. The van der Waals surface area contributed by atoms with E-state index in [9.17, 15) is 18.5 Å². The van der Waals surface area contributed by atoms with Gasteiger partial charge in [-0.15, -0.1) is 0 Å². The van der Waals surface area contributed by atoms with Gasteiger partial charge >= 0.3 is 5.97 Å². The highest BCUT2D eigenvalue weighted by Gasteiger charge is 2.16. The fourth-order valence-electron chi connectivity index (χ4n) is 2.23. The summed E-state index contributed by atoms with van der Waals surface area (Å²) in [6, 6.07) is 7.49. The van der Waals surface area contributed by atoms with Crippen molar-refractivity contribution in [3.05, 3.63) is 52.8 Å². The lowest BCUT2D eigenvalue weighted by Crippen LogP contribution is -2.07. The molecule has 0 bridgehead atoms. The molecule has 2 N–H and O–H groups in total. The molecule has 7 heteroatoms. The van der Waals surface area contributed by atoms with Gasteiger partial charge in [-0.05, 0) is 55.3 Å². The molecule has 0 aromatic heterocycles. The maximum absolute atomic E-state index is 13.6. The Kier molecular flexibility index (Phi) is 10.1. The van der Waals surface area contributed by atoms with Gasteiger partial charge in [-0.2, -0.15) is 0 Å². The first kappa shape index (κ1) is 23.5. The third-order valence-corrected chi connectivity index (χ3v) is 4.23. The molecule has 0 aliphatic carbocycles. The van der Waals surface area contributed by atoms with E-state index in [-0.39, 0.29) is 11.3 Å². The summed E-state index contributed by atoms with van der Waals surface area (Å²) in [6.45, 7) is 9.36. The first-order chi connectivity index (χ1) is 12.3. The van der Waals surface area contributed by atoms with Crippen molar-refractivity contribution in [1.82, 2.24) is 0 Å². The van der Waals surface area contributed by atoms with Crippen LogP contribution in [0.3, 0.4) is 0 Å². The number of aromatic carboxylic acids is 1. The molecule has 0 saturated heterocycles. The maximum atomic E-state index is 13.6. The zero-order valence-corrected chi connectivity index (χ0v) is 16.4. The first-order valence-electron chi connectivity index (χ1n) is 7.83. The summed E-state index contributed by atoms with van der Waals surface area (Å²) in [6.07, 6.45) is 1.58. The molecule has 0 amide bonds. The van der Waals surface area contributed by atoms with Gasteiger partial charge in [0.15, 0.2) is 0 Å². The molecule has 0 aliphatic rings. The van der Waals surface area contributed by atoms with Gasteiger partial charge < -0.3 is 15.2 Å². The Bertz CT molecular complexity index is 793. The molecule has 142 valence electrons. The molecular weight excluding hydrogens is 357 g/mol. The van der Waals surface area contributed by atoms with Crippen LogP contribution in [0, 0.1) is 19.7 Å². The molecule has 0 spiro atoms. The van der Waals surface area contributed by atoms with E-state index in [1.54, 1.807) is 31.4 Å². The van der Waals surface area contributed by atoms with Crippen molar-refractivity contribution in [2.75, 3.05) is 11.6 Å². The van der Waals surface area contributed by atoms with Crippen LogP contribution in [0.25, 0.3) is 0 Å². The normalized spacial score (nSPS) is 10.5. The van der Waals surface area contributed by atoms with Crippen LogP contribution >= 0.6 is 0 Å². The van der Waals surface area contributed by atoms with Crippen molar-refractivity contribution in [3.8, 4) is 0 Å². The van der Waals surface area contributed by atoms with E-state index >= 15 is 0 Å². The van der Waals surface area contributed by atoms with Gasteiger partial charge in [-0.25, -0.2) is 9.18 Å². The van der Waals surface area contributed by atoms with Crippen molar-refractivity contribution in [3.63, 3.8) is 0 Å². The largest absolute Gasteiger partial charge is 0.478 e. The molecule has 1 unspecified atom stereocenters. The SMILES string of the molecule is C=O.CC.Cc1cc(S(C)=O)ccc1Nc1cc(F)cc(C)c1C(=O)O. The van der Waals surface area contributed by atoms with Crippen LogP contribution in [-0.2, 0) is 15.6 Å². The highest BCUT2D eigenvalue weighted by molar-refractivity contribution is 7.84. The number of anilines is 2. The number of benzene rings is 2. The monoisotopic (exact) mass is 381 g/mol. The van der Waals surface area contributed by atoms with Crippen LogP contribution in [0.1, 0.15) is 35.3 Å². The molecule has 2 rings (SSSR count). The summed E-state index contributed by atoms with van der Waals surface area (Å²) in [5.74, 6) is -1.63. The second kappa shape index (κ2) is 11.1. The van der Waals surface area contributed by atoms with Gasteiger partial charge in [0.1, 0.15) is 12.6 Å². The molecule has 0 heterocycles. The summed E-state index contributed by atoms with van der Waals surface area (Å²) in [4.78, 5) is 20.0. The summed E-state index contributed by atoms with van der Waals surface area (Å²) >= 11 is 0. The van der Waals surface area contributed by atoms with Crippen molar-refractivity contribution in [1.29, 1.82) is 0 Å². The minimum atomic E-state index is -1.12. The molecule has 1 atom stereocenters. The average molecular weight is 381 g/mol. The predicted octanol–water partition coefficient (Wildman–Crippen LogP) is 4.46. The van der Waals surface area contributed by atoms with E-state index in [0.717, 1.165) is 11.6 Å². The summed E-state index contributed by atoms with van der Waals surface area (Å²) in [7, 11) is -1.09. The van der Waals surface area contributed by atoms with Crippen LogP contribution in [0.5, 0.6) is 0 Å². The van der Waals surface area contributed by atoms with Crippen LogP contribution in [0.15, 0.2) is 35.2 Å². The molecule has 5 nitrogen and oxygen atoms in total. The molecule has 2 aromatic carbocycles. The van der Waals surface area contributed by atoms with Crippen molar-refractivity contribution < 1.29 is 23.3 Å². The fraction of sp³-hybridized carbons (Fsp3) is 0.263. The fourth-order valence-corrected chi connectivity index (χ4v) is 2.83. The second-order valence-electron chi connectivity index (χ2n) is 5.01. The van der Waals surface area contributed by atoms with Crippen LogP contribution in [0.4, 0.5) is 15.8 Å². The van der Waals surface area contributed by atoms with E-state index in [2.05, 4.69) is 5.32 Å². The third kappa shape index (κ3) is 6.07. The van der Waals surface area contributed by atoms with Gasteiger partial charge in [0, 0.05) is 27.6 Å². The van der Waals surface area contributed by atoms with Crippen LogP contribution in [0.2, 0.25) is 0 Å². The van der Waals surface area contributed by atoms with Gasteiger partial charge in [0.2, 0.25) is 0 Å². The van der Waals surface area contributed by atoms with Crippen molar-refractivity contribution in [2.24, 2.45) is 0 Å². The average Bonchev–Trinajstić information content (AvgIpc) is 2.59. The van der Waals surface area contributed by atoms with E-state index in [4.69, 9.17) is 4.79 Å². The molecule has 0 saturated carbocycles. The Morgan fingerprint density at radius 2 is 1.65 bits per heavy atom. The second-order valence-corrected chi connectivity index (χ2v) is 6.39. The van der Waals surface area contributed by atoms with Crippen molar-refractivity contribution in [2.45, 2.75) is 32.6 Å². The maximum Gasteiger partial charge on any atom is 0.338 e. The predicted molar refractivity (Wildman–Crippen MR) is 103 cm³/mol. The quantitative estimate of drug-likeness (QED) is 0.817. The lowest BCUT2D eigenvalue weighted by atomic mass is 10.1. The number of aryl methyl sites for hydroxylation is 2. The highest BCUT2D eigenvalue weighted by atomic mass is 32.2. The zero-order valence-electron chi connectivity index (χ0n) is 15.6. The number of carboxylic acid groups (broad SMARTS) is 1. The van der Waals surface area contributed by atoms with Gasteiger partial charge in [0.05, 0.1) is 11.3 Å². The highest BCUT2D eigenvalue weighted by Crippen LogP contribution is 2.28. The minimum absolute atomic E-state index is 0.0314. The van der Waals surface area contributed by atoms with E-state index in [1.165, 1.54) is 6.07 Å². The lowest BCUT2D eigenvalue weighted by Gasteiger charge is -2.14. The van der Waals surface area contributed by atoms with Gasteiger partial charge in [-0.1, -0.05) is 13.8 Å². The number of carboxylic acids is 1. The Labute approximate surface area is 155 Å². The summed E-state index contributed by atoms with van der Waals surface area (Å²) in [5.41, 5.74) is 2.01. The number of carbonyl (C=O) groups is 2. The summed E-state index contributed by atoms with van der Waals surface area (Å²) < 4.78 is 25.0. The standard InChI is InChI=1S/C16H16FNO3S.C2H6.CH2O/c1-9-7-12(22(3)21)4-5-13(9)18-14-8-11(17)6-10(2)15(14)16(19)20;2*1-2/h4-8,18H,1-3H3,(H,19,20);1-2H3;1H2. The Morgan fingerprint density at radius 1 is 1.08 bits per heavy atom. The van der Waals surface area contributed by atoms with Gasteiger partial charge in [-0.3, -0.25) is 4.21 Å². The van der Waals surface area contributed by atoms with Crippen LogP contribution < -0.4 is 5.32 Å². The zero-order chi connectivity index (χ0) is 20.4. The number of halogens is 1. The molecule has 0 aliphatic heterocycles. The minimum Gasteiger partial charge on any atom is -0.478 e. The Balaban J connectivity index is 0.00000146. The van der Waals surface area contributed by atoms with E-state index < -0.39 is 22.6 Å². The van der Waals surface area contributed by atoms with Gasteiger partial charge in [0.25, 0.3) is 0 Å². The molecule has 26 heavy (non-hydrogen) atoms. The summed E-state index contributed by atoms with van der Waals surface area (Å²) in [5, 5.41) is 12.2. The molecule has 2 aromatic rings. The number of hydrogen-bond acceptors (Lipinski definition) is 4. The van der Waals surface area contributed by atoms with Crippen LogP contribution in [-0.4, -0.2) is 28.3 Å². The number of rotatable bonds is 4. The lowest BCUT2D eigenvalue weighted by molar-refractivity contribution is -0.0980. The van der Waals surface area contributed by atoms with Crippen molar-refractivity contribution >= 4 is 34.9 Å². The Hall–Kier alpha value is -2.54. The number of nitrogens with one attached hydrogen (secondary N) is 1. The molecule has 0 fully saturated rings. The number of carbonyl (C=O) groups excluding carboxylic acids is 1. The first-order valence-corrected chi connectivity index (χ1v) is 9.39. The Morgan fingerprint density at radius 3 is 2.12 bits per heavy atom.